The van der Waals surface area contributed by atoms with Gasteiger partial charge < -0.3 is 5.73 Å². The molecule has 2 unspecified atom stereocenters. The predicted molar refractivity (Wildman–Crippen MR) is 61.2 cm³/mol. The van der Waals surface area contributed by atoms with Crippen LogP contribution in [0.15, 0.2) is 18.2 Å². The van der Waals surface area contributed by atoms with Gasteiger partial charge in [0.2, 0.25) is 0 Å². The fourth-order valence-corrected chi connectivity index (χ4v) is 2.60. The molecule has 1 aromatic carbocycles. The first-order chi connectivity index (χ1) is 7.18. The van der Waals surface area contributed by atoms with Gasteiger partial charge in [0.1, 0.15) is 5.82 Å². The summed E-state index contributed by atoms with van der Waals surface area (Å²) in [5.41, 5.74) is 7.09. The van der Waals surface area contributed by atoms with E-state index in [1.165, 1.54) is 37.3 Å². The Morgan fingerprint density at radius 1 is 1.27 bits per heavy atom. The number of halogens is 1. The van der Waals surface area contributed by atoms with Crippen molar-refractivity contribution in [3.63, 3.8) is 0 Å². The smallest absolute Gasteiger partial charge is 0.146 e. The number of benzene rings is 1. The van der Waals surface area contributed by atoms with Crippen molar-refractivity contribution in [3.05, 3.63) is 29.6 Å². The summed E-state index contributed by atoms with van der Waals surface area (Å²) in [6.45, 7) is 2.28. The second-order valence-corrected chi connectivity index (χ2v) is 4.65. The highest BCUT2D eigenvalue weighted by molar-refractivity contribution is 5.43. The molecule has 1 aromatic rings. The maximum Gasteiger partial charge on any atom is 0.146 e. The zero-order valence-corrected chi connectivity index (χ0v) is 9.17. The lowest BCUT2D eigenvalue weighted by molar-refractivity contribution is 0.330. The zero-order chi connectivity index (χ0) is 10.8. The molecule has 2 atom stereocenters. The molecule has 1 fully saturated rings. The summed E-state index contributed by atoms with van der Waals surface area (Å²) < 4.78 is 13.0. The van der Waals surface area contributed by atoms with Gasteiger partial charge >= 0.3 is 0 Å². The monoisotopic (exact) mass is 207 g/mol. The van der Waals surface area contributed by atoms with E-state index in [2.05, 4.69) is 6.92 Å². The molecule has 1 aliphatic rings. The lowest BCUT2D eigenvalue weighted by atomic mass is 9.76. The second-order valence-electron chi connectivity index (χ2n) is 4.65. The third kappa shape index (κ3) is 2.14. The first-order valence-electron chi connectivity index (χ1n) is 5.73. The minimum Gasteiger partial charge on any atom is -0.396 e. The normalized spacial score (nSPS) is 26.5. The van der Waals surface area contributed by atoms with Crippen molar-refractivity contribution in [3.8, 4) is 0 Å². The van der Waals surface area contributed by atoms with Crippen molar-refractivity contribution >= 4 is 5.69 Å². The Hall–Kier alpha value is -1.05. The van der Waals surface area contributed by atoms with E-state index in [9.17, 15) is 4.39 Å². The van der Waals surface area contributed by atoms with Crippen LogP contribution in [-0.2, 0) is 0 Å². The molecule has 1 aliphatic carbocycles. The van der Waals surface area contributed by atoms with Crippen molar-refractivity contribution in [2.75, 3.05) is 5.73 Å². The summed E-state index contributed by atoms with van der Waals surface area (Å²) in [6.07, 6.45) is 5.11. The fourth-order valence-electron chi connectivity index (χ4n) is 2.60. The molecule has 1 saturated carbocycles. The molecule has 15 heavy (non-hydrogen) atoms. The third-order valence-electron chi connectivity index (χ3n) is 3.56. The number of nitrogens with two attached hydrogens (primary N) is 1. The molecule has 0 heterocycles. The van der Waals surface area contributed by atoms with E-state index in [4.69, 9.17) is 5.73 Å². The van der Waals surface area contributed by atoms with Crippen molar-refractivity contribution < 1.29 is 4.39 Å². The SMILES string of the molecule is CC1CCCCC1c1ccc(F)c(N)c1. The van der Waals surface area contributed by atoms with E-state index in [-0.39, 0.29) is 11.5 Å². The van der Waals surface area contributed by atoms with Gasteiger partial charge in [0.15, 0.2) is 0 Å². The molecule has 2 heteroatoms. The summed E-state index contributed by atoms with van der Waals surface area (Å²) >= 11 is 0. The van der Waals surface area contributed by atoms with Gasteiger partial charge in [-0.2, -0.15) is 0 Å². The lowest BCUT2D eigenvalue weighted by Gasteiger charge is -2.29. The highest BCUT2D eigenvalue weighted by Crippen LogP contribution is 2.38. The Labute approximate surface area is 90.5 Å². The van der Waals surface area contributed by atoms with Gasteiger partial charge in [-0.3, -0.25) is 0 Å². The lowest BCUT2D eigenvalue weighted by Crippen LogP contribution is -2.15. The van der Waals surface area contributed by atoms with E-state index >= 15 is 0 Å². The van der Waals surface area contributed by atoms with Gasteiger partial charge in [0.05, 0.1) is 5.69 Å². The summed E-state index contributed by atoms with van der Waals surface area (Å²) in [7, 11) is 0. The average Bonchev–Trinajstić information content (AvgIpc) is 2.23. The highest BCUT2D eigenvalue weighted by atomic mass is 19.1. The Bertz CT molecular complexity index is 348. The molecule has 0 radical (unpaired) electrons. The van der Waals surface area contributed by atoms with Gasteiger partial charge in [0.25, 0.3) is 0 Å². The minimum atomic E-state index is -0.304. The number of rotatable bonds is 1. The van der Waals surface area contributed by atoms with Crippen LogP contribution in [0, 0.1) is 11.7 Å². The molecular formula is C13H18FN. The molecule has 0 amide bonds. The Balaban J connectivity index is 2.24. The van der Waals surface area contributed by atoms with Crippen LogP contribution >= 0.6 is 0 Å². The Morgan fingerprint density at radius 2 is 2.00 bits per heavy atom. The molecule has 2 N–H and O–H groups in total. The molecule has 0 spiro atoms. The first kappa shape index (κ1) is 10.5. The third-order valence-corrected chi connectivity index (χ3v) is 3.56. The molecular weight excluding hydrogens is 189 g/mol. The molecule has 0 bridgehead atoms. The summed E-state index contributed by atoms with van der Waals surface area (Å²) in [6, 6.07) is 5.19. The van der Waals surface area contributed by atoms with E-state index < -0.39 is 0 Å². The van der Waals surface area contributed by atoms with Crippen LogP contribution in [0.1, 0.15) is 44.1 Å². The molecule has 0 aliphatic heterocycles. The Kier molecular flexibility index (Phi) is 2.94. The maximum absolute atomic E-state index is 13.0. The van der Waals surface area contributed by atoms with E-state index in [0.717, 1.165) is 0 Å². The van der Waals surface area contributed by atoms with Gasteiger partial charge in [-0.15, -0.1) is 0 Å². The number of anilines is 1. The molecule has 1 nitrogen and oxygen atoms in total. The standard InChI is InChI=1S/C13H18FN/c1-9-4-2-3-5-11(9)10-6-7-12(14)13(15)8-10/h6-9,11H,2-5,15H2,1H3. The van der Waals surface area contributed by atoms with Crippen molar-refractivity contribution in [1.29, 1.82) is 0 Å². The Morgan fingerprint density at radius 3 is 2.67 bits per heavy atom. The average molecular weight is 207 g/mol. The topological polar surface area (TPSA) is 26.0 Å². The molecule has 2 rings (SSSR count). The van der Waals surface area contributed by atoms with Crippen molar-refractivity contribution in [2.24, 2.45) is 5.92 Å². The molecule has 0 aromatic heterocycles. The summed E-state index contributed by atoms with van der Waals surface area (Å²) in [4.78, 5) is 0. The van der Waals surface area contributed by atoms with Crippen LogP contribution in [0.4, 0.5) is 10.1 Å². The van der Waals surface area contributed by atoms with Crippen molar-refractivity contribution in [2.45, 2.75) is 38.5 Å². The van der Waals surface area contributed by atoms with Gasteiger partial charge in [-0.1, -0.05) is 32.3 Å². The maximum atomic E-state index is 13.0. The van der Waals surface area contributed by atoms with Gasteiger partial charge in [-0.25, -0.2) is 4.39 Å². The number of hydrogen-bond donors (Lipinski definition) is 1. The zero-order valence-electron chi connectivity index (χ0n) is 9.17. The van der Waals surface area contributed by atoms with Crippen LogP contribution in [0.3, 0.4) is 0 Å². The van der Waals surface area contributed by atoms with Crippen LogP contribution in [0.2, 0.25) is 0 Å². The summed E-state index contributed by atoms with van der Waals surface area (Å²) in [5.74, 6) is 0.965. The quantitative estimate of drug-likeness (QED) is 0.698. The minimum absolute atomic E-state index is 0.283. The first-order valence-corrected chi connectivity index (χ1v) is 5.73. The van der Waals surface area contributed by atoms with E-state index in [1.54, 1.807) is 0 Å². The van der Waals surface area contributed by atoms with Crippen LogP contribution in [0.5, 0.6) is 0 Å². The van der Waals surface area contributed by atoms with Gasteiger partial charge in [-0.05, 0) is 36.0 Å². The van der Waals surface area contributed by atoms with E-state index in [0.29, 0.717) is 11.8 Å². The second kappa shape index (κ2) is 4.21. The van der Waals surface area contributed by atoms with Gasteiger partial charge in [0, 0.05) is 0 Å². The van der Waals surface area contributed by atoms with Crippen molar-refractivity contribution in [1.82, 2.24) is 0 Å². The fraction of sp³-hybridized carbons (Fsp3) is 0.538. The predicted octanol–water partition coefficient (Wildman–Crippen LogP) is 3.70. The molecule has 0 saturated heterocycles. The van der Waals surface area contributed by atoms with Crippen LogP contribution < -0.4 is 5.73 Å². The summed E-state index contributed by atoms with van der Waals surface area (Å²) in [5, 5.41) is 0. The molecule has 82 valence electrons. The highest BCUT2D eigenvalue weighted by Gasteiger charge is 2.23. The van der Waals surface area contributed by atoms with Crippen LogP contribution in [0.25, 0.3) is 0 Å². The van der Waals surface area contributed by atoms with Crippen LogP contribution in [-0.4, -0.2) is 0 Å². The van der Waals surface area contributed by atoms with E-state index in [1.807, 2.05) is 12.1 Å². The number of hydrogen-bond acceptors (Lipinski definition) is 1. The number of nitrogen functional groups attached to an aromatic ring is 1. The largest absolute Gasteiger partial charge is 0.396 e.